The first-order valence-corrected chi connectivity index (χ1v) is 9.42. The second-order valence-electron chi connectivity index (χ2n) is 7.07. The summed E-state index contributed by atoms with van der Waals surface area (Å²) in [4.78, 5) is 18.3. The summed E-state index contributed by atoms with van der Waals surface area (Å²) in [5, 5.41) is 17.6. The first kappa shape index (κ1) is 20.2. The van der Waals surface area contributed by atoms with Crippen molar-refractivity contribution in [3.8, 4) is 11.4 Å². The van der Waals surface area contributed by atoms with Gasteiger partial charge in [0.25, 0.3) is 0 Å². The number of aromatic nitrogens is 4. The molecule has 9 heteroatoms. The molecule has 0 unspecified atom stereocenters. The predicted molar refractivity (Wildman–Crippen MR) is 101 cm³/mol. The number of pyridine rings is 1. The van der Waals surface area contributed by atoms with E-state index >= 15 is 0 Å². The van der Waals surface area contributed by atoms with Gasteiger partial charge in [0.05, 0.1) is 42.9 Å². The fourth-order valence-electron chi connectivity index (χ4n) is 3.73. The molecule has 2 aromatic rings. The summed E-state index contributed by atoms with van der Waals surface area (Å²) in [6.07, 6.45) is 0.221. The number of aliphatic hydroxyl groups is 1. The van der Waals surface area contributed by atoms with Crippen LogP contribution in [0, 0.1) is 5.92 Å². The van der Waals surface area contributed by atoms with Crippen molar-refractivity contribution >= 4 is 11.7 Å². The van der Waals surface area contributed by atoms with Gasteiger partial charge >= 0.3 is 5.97 Å². The van der Waals surface area contributed by atoms with Gasteiger partial charge in [-0.05, 0) is 30.9 Å². The quantitative estimate of drug-likeness (QED) is 0.749. The molecule has 2 atom stereocenters. The maximum atomic E-state index is 14.3. The summed E-state index contributed by atoms with van der Waals surface area (Å²) in [5.41, 5.74) is 3.42. The van der Waals surface area contributed by atoms with Crippen LogP contribution in [0.15, 0.2) is 12.1 Å². The van der Waals surface area contributed by atoms with Crippen molar-refractivity contribution in [3.05, 3.63) is 23.5 Å². The summed E-state index contributed by atoms with van der Waals surface area (Å²) in [5.74, 6) is -0.413. The predicted octanol–water partition coefficient (Wildman–Crippen LogP) is 1.66. The smallest absolute Gasteiger partial charge is 0.305 e. The average Bonchev–Trinajstić information content (AvgIpc) is 3.07. The van der Waals surface area contributed by atoms with E-state index in [2.05, 4.69) is 10.3 Å². The Morgan fingerprint density at radius 1 is 1.39 bits per heavy atom. The molecule has 3 rings (SSSR count). The van der Waals surface area contributed by atoms with Crippen molar-refractivity contribution in [2.45, 2.75) is 39.0 Å². The van der Waals surface area contributed by atoms with Gasteiger partial charge in [0.1, 0.15) is 11.9 Å². The van der Waals surface area contributed by atoms with Crippen LogP contribution in [0.25, 0.3) is 11.4 Å². The van der Waals surface area contributed by atoms with E-state index in [-0.39, 0.29) is 31.5 Å². The number of piperidine rings is 1. The Morgan fingerprint density at radius 3 is 2.86 bits per heavy atom. The lowest BCUT2D eigenvalue weighted by Gasteiger charge is -2.36. The van der Waals surface area contributed by atoms with Gasteiger partial charge in [0.2, 0.25) is 0 Å². The third kappa shape index (κ3) is 4.14. The zero-order valence-corrected chi connectivity index (χ0v) is 16.4. The minimum atomic E-state index is -1.01. The number of halogens is 1. The van der Waals surface area contributed by atoms with Crippen LogP contribution in [0.5, 0.6) is 0 Å². The molecule has 28 heavy (non-hydrogen) atoms. The number of nitrogens with zero attached hydrogens (tertiary/aromatic N) is 5. The topological polar surface area (TPSA) is 93.4 Å². The molecule has 3 heterocycles. The number of carbonyl (C=O) groups is 1. The summed E-state index contributed by atoms with van der Waals surface area (Å²) in [6.45, 7) is 2.66. The van der Waals surface area contributed by atoms with Crippen LogP contribution in [-0.4, -0.2) is 57.4 Å². The zero-order chi connectivity index (χ0) is 20.3. The van der Waals surface area contributed by atoms with Gasteiger partial charge in [0, 0.05) is 20.1 Å². The number of anilines is 1. The maximum absolute atomic E-state index is 14.3. The third-order valence-corrected chi connectivity index (χ3v) is 5.13. The summed E-state index contributed by atoms with van der Waals surface area (Å²) >= 11 is 0. The lowest BCUT2D eigenvalue weighted by molar-refractivity contribution is -0.141. The highest BCUT2D eigenvalue weighted by Gasteiger charge is 2.30. The van der Waals surface area contributed by atoms with Gasteiger partial charge in [-0.25, -0.2) is 14.1 Å². The van der Waals surface area contributed by atoms with Crippen molar-refractivity contribution in [3.63, 3.8) is 0 Å². The number of esters is 1. The van der Waals surface area contributed by atoms with E-state index in [0.717, 1.165) is 11.4 Å². The maximum Gasteiger partial charge on any atom is 0.305 e. The summed E-state index contributed by atoms with van der Waals surface area (Å²) in [6, 6.07) is 3.72. The molecule has 0 aromatic carbocycles. The number of ether oxygens (including phenoxy) is 1. The lowest BCUT2D eigenvalue weighted by atomic mass is 9.93. The molecular weight excluding hydrogens is 365 g/mol. The number of carbonyl (C=O) groups excluding carboxylic acids is 1. The molecule has 1 saturated heterocycles. The van der Waals surface area contributed by atoms with Crippen LogP contribution in [-0.2, 0) is 29.6 Å². The normalized spacial score (nSPS) is 19.7. The van der Waals surface area contributed by atoms with Gasteiger partial charge < -0.3 is 14.7 Å². The number of alkyl halides is 1. The van der Waals surface area contributed by atoms with Gasteiger partial charge in [-0.1, -0.05) is 12.1 Å². The molecule has 2 aromatic heterocycles. The van der Waals surface area contributed by atoms with Crippen LogP contribution in [0.3, 0.4) is 0 Å². The highest BCUT2D eigenvalue weighted by molar-refractivity contribution is 5.69. The van der Waals surface area contributed by atoms with Crippen molar-refractivity contribution in [1.82, 2.24) is 20.0 Å². The molecule has 0 radical (unpaired) electrons. The SMILES string of the molecule is CCc1nc(-c2nnn(C)c2CO)ccc1N1C[C@H](F)C[C@@H](CC(=O)OC)C1. The number of hydrogen-bond donors (Lipinski definition) is 1. The van der Waals surface area contributed by atoms with E-state index in [4.69, 9.17) is 9.72 Å². The first-order valence-electron chi connectivity index (χ1n) is 9.42. The van der Waals surface area contributed by atoms with E-state index in [9.17, 15) is 14.3 Å². The fraction of sp³-hybridized carbons (Fsp3) is 0.579. The summed E-state index contributed by atoms with van der Waals surface area (Å²) in [7, 11) is 3.06. The van der Waals surface area contributed by atoms with Gasteiger partial charge in [0.15, 0.2) is 0 Å². The van der Waals surface area contributed by atoms with Crippen LogP contribution in [0.1, 0.15) is 31.2 Å². The second kappa shape index (κ2) is 8.64. The number of hydrogen-bond acceptors (Lipinski definition) is 7. The number of aryl methyl sites for hydroxylation is 2. The highest BCUT2D eigenvalue weighted by atomic mass is 19.1. The van der Waals surface area contributed by atoms with Crippen molar-refractivity contribution in [2.75, 3.05) is 25.1 Å². The van der Waals surface area contributed by atoms with E-state index < -0.39 is 6.17 Å². The van der Waals surface area contributed by atoms with Crippen LogP contribution in [0.4, 0.5) is 10.1 Å². The van der Waals surface area contributed by atoms with E-state index in [0.29, 0.717) is 36.5 Å². The summed E-state index contributed by atoms with van der Waals surface area (Å²) < 4.78 is 20.6. The number of rotatable bonds is 6. The van der Waals surface area contributed by atoms with Crippen molar-refractivity contribution in [1.29, 1.82) is 0 Å². The Hall–Kier alpha value is -2.55. The number of methoxy groups -OCH3 is 1. The molecule has 8 nitrogen and oxygen atoms in total. The van der Waals surface area contributed by atoms with E-state index in [1.165, 1.54) is 11.8 Å². The standard InChI is InChI=1S/C19H26FN5O3/c1-4-14-16(25-9-12(7-13(20)10-25)8-18(27)28-3)6-5-15(21-14)19-17(11-26)24(2)23-22-19/h5-6,12-13,26H,4,7-11H2,1-3H3/t12-,13+/m0/s1. The van der Waals surface area contributed by atoms with Gasteiger partial charge in [-0.15, -0.1) is 5.10 Å². The van der Waals surface area contributed by atoms with Crippen LogP contribution >= 0.6 is 0 Å². The van der Waals surface area contributed by atoms with Crippen molar-refractivity contribution < 1.29 is 19.0 Å². The third-order valence-electron chi connectivity index (χ3n) is 5.13. The minimum Gasteiger partial charge on any atom is -0.469 e. The molecule has 1 aliphatic heterocycles. The second-order valence-corrected chi connectivity index (χ2v) is 7.07. The average molecular weight is 391 g/mol. The van der Waals surface area contributed by atoms with E-state index in [1.54, 1.807) is 7.05 Å². The van der Waals surface area contributed by atoms with Gasteiger partial charge in [-0.3, -0.25) is 4.79 Å². The Balaban J connectivity index is 1.88. The number of aliphatic hydroxyl groups excluding tert-OH is 1. The Kier molecular flexibility index (Phi) is 6.23. The molecule has 0 bridgehead atoms. The molecule has 0 amide bonds. The van der Waals surface area contributed by atoms with Crippen molar-refractivity contribution in [2.24, 2.45) is 13.0 Å². The Labute approximate surface area is 163 Å². The molecule has 0 spiro atoms. The zero-order valence-electron chi connectivity index (χ0n) is 16.4. The Morgan fingerprint density at radius 2 is 2.18 bits per heavy atom. The molecule has 1 N–H and O–H groups in total. The first-order chi connectivity index (χ1) is 13.5. The highest BCUT2D eigenvalue weighted by Crippen LogP contribution is 2.31. The Bertz CT molecular complexity index is 841. The molecule has 1 fully saturated rings. The largest absolute Gasteiger partial charge is 0.469 e. The van der Waals surface area contributed by atoms with Crippen LogP contribution in [0.2, 0.25) is 0 Å². The molecule has 1 aliphatic rings. The fourth-order valence-corrected chi connectivity index (χ4v) is 3.73. The van der Waals surface area contributed by atoms with Gasteiger partial charge in [-0.2, -0.15) is 0 Å². The lowest BCUT2D eigenvalue weighted by Crippen LogP contribution is -2.42. The minimum absolute atomic E-state index is 0.0958. The van der Waals surface area contributed by atoms with E-state index in [1.807, 2.05) is 24.0 Å². The molecule has 152 valence electrons. The monoisotopic (exact) mass is 391 g/mol. The molecule has 0 aliphatic carbocycles. The molecule has 0 saturated carbocycles. The van der Waals surface area contributed by atoms with Crippen LogP contribution < -0.4 is 4.90 Å². The molecular formula is C19H26FN5O3.